The van der Waals surface area contributed by atoms with Gasteiger partial charge in [0.05, 0.1) is 5.92 Å². The average Bonchev–Trinajstić information content (AvgIpc) is 2.16. The molecule has 2 nitrogen and oxygen atoms in total. The highest BCUT2D eigenvalue weighted by Gasteiger charge is 2.16. The maximum Gasteiger partial charge on any atom is 0.308 e. The Labute approximate surface area is 86.5 Å². The van der Waals surface area contributed by atoms with Gasteiger partial charge in [0.1, 0.15) is 6.61 Å². The number of carbonyl (C=O) groups is 1. The Balaban J connectivity index is 3.71. The van der Waals surface area contributed by atoms with Gasteiger partial charge in [0.2, 0.25) is 0 Å². The molecule has 0 aliphatic carbocycles. The Morgan fingerprint density at radius 1 is 1.46 bits per heavy atom. The zero-order valence-corrected chi connectivity index (χ0v) is 9.48. The molecule has 0 aromatic carbocycles. The molecule has 0 bridgehead atoms. The third kappa shape index (κ3) is 5.97. The molecule has 1 unspecified atom stereocenters. The van der Waals surface area contributed by atoms with Gasteiger partial charge >= 0.3 is 5.97 Å². The SMILES string of the molecule is CCCCC(CC)C(=O)OCCS. The highest BCUT2D eigenvalue weighted by atomic mass is 32.1. The summed E-state index contributed by atoms with van der Waals surface area (Å²) in [5.41, 5.74) is 0. The van der Waals surface area contributed by atoms with E-state index >= 15 is 0 Å². The van der Waals surface area contributed by atoms with E-state index in [0.29, 0.717) is 12.4 Å². The molecule has 3 heteroatoms. The van der Waals surface area contributed by atoms with Crippen molar-refractivity contribution in [3.63, 3.8) is 0 Å². The highest BCUT2D eigenvalue weighted by molar-refractivity contribution is 7.80. The molecule has 0 rings (SSSR count). The van der Waals surface area contributed by atoms with Crippen molar-refractivity contribution in [1.82, 2.24) is 0 Å². The molecule has 0 radical (unpaired) electrons. The molecule has 0 aromatic heterocycles. The number of carbonyl (C=O) groups excluding carboxylic acids is 1. The zero-order chi connectivity index (χ0) is 10.1. The monoisotopic (exact) mass is 204 g/mol. The quantitative estimate of drug-likeness (QED) is 0.510. The summed E-state index contributed by atoms with van der Waals surface area (Å²) < 4.78 is 5.03. The predicted octanol–water partition coefficient (Wildman–Crippen LogP) is 2.68. The summed E-state index contributed by atoms with van der Waals surface area (Å²) in [6, 6.07) is 0. The normalized spacial score (nSPS) is 12.5. The number of unbranched alkanes of at least 4 members (excludes halogenated alkanes) is 1. The lowest BCUT2D eigenvalue weighted by molar-refractivity contribution is -0.148. The molecule has 13 heavy (non-hydrogen) atoms. The van der Waals surface area contributed by atoms with Crippen LogP contribution in [0, 0.1) is 5.92 Å². The lowest BCUT2D eigenvalue weighted by atomic mass is 10.00. The van der Waals surface area contributed by atoms with Crippen molar-refractivity contribution < 1.29 is 9.53 Å². The summed E-state index contributed by atoms with van der Waals surface area (Å²) in [6.07, 6.45) is 4.08. The summed E-state index contributed by atoms with van der Waals surface area (Å²) in [4.78, 5) is 11.4. The molecule has 0 heterocycles. The average molecular weight is 204 g/mol. The van der Waals surface area contributed by atoms with E-state index in [1.165, 1.54) is 0 Å². The summed E-state index contributed by atoms with van der Waals surface area (Å²) in [6.45, 7) is 4.60. The molecule has 0 spiro atoms. The Hall–Kier alpha value is -0.180. The molecular formula is C10H20O2S. The van der Waals surface area contributed by atoms with Crippen LogP contribution in [0.1, 0.15) is 39.5 Å². The zero-order valence-electron chi connectivity index (χ0n) is 8.58. The Morgan fingerprint density at radius 3 is 2.62 bits per heavy atom. The number of hydrogen-bond donors (Lipinski definition) is 1. The van der Waals surface area contributed by atoms with Gasteiger partial charge < -0.3 is 4.74 Å². The van der Waals surface area contributed by atoms with Gasteiger partial charge in [-0.25, -0.2) is 0 Å². The number of rotatable bonds is 7. The molecule has 78 valence electrons. The third-order valence-electron chi connectivity index (χ3n) is 2.07. The molecule has 0 aromatic rings. The smallest absolute Gasteiger partial charge is 0.308 e. The Morgan fingerprint density at radius 2 is 2.15 bits per heavy atom. The minimum Gasteiger partial charge on any atom is -0.465 e. The summed E-state index contributed by atoms with van der Waals surface area (Å²) in [5, 5.41) is 0. The molecular weight excluding hydrogens is 184 g/mol. The standard InChI is InChI=1S/C10H20O2S/c1-3-5-6-9(4-2)10(11)12-7-8-13/h9,13H,3-8H2,1-2H3. The van der Waals surface area contributed by atoms with Crippen molar-refractivity contribution in [3.05, 3.63) is 0 Å². The van der Waals surface area contributed by atoms with Crippen LogP contribution in [0.4, 0.5) is 0 Å². The van der Waals surface area contributed by atoms with Crippen molar-refractivity contribution >= 4 is 18.6 Å². The Kier molecular flexibility index (Phi) is 8.30. The van der Waals surface area contributed by atoms with Crippen LogP contribution >= 0.6 is 12.6 Å². The van der Waals surface area contributed by atoms with E-state index in [1.54, 1.807) is 0 Å². The molecule has 0 fully saturated rings. The van der Waals surface area contributed by atoms with Crippen molar-refractivity contribution in [2.24, 2.45) is 5.92 Å². The number of hydrogen-bond acceptors (Lipinski definition) is 3. The minimum absolute atomic E-state index is 0.0509. The first-order valence-corrected chi connectivity index (χ1v) is 5.66. The molecule has 0 saturated carbocycles. The third-order valence-corrected chi connectivity index (χ3v) is 2.25. The Bertz CT molecular complexity index is 137. The molecule has 0 saturated heterocycles. The second-order valence-corrected chi connectivity index (χ2v) is 3.59. The first-order valence-electron chi connectivity index (χ1n) is 5.03. The summed E-state index contributed by atoms with van der Waals surface area (Å²) >= 11 is 3.99. The highest BCUT2D eigenvalue weighted by Crippen LogP contribution is 2.14. The van der Waals surface area contributed by atoms with Gasteiger partial charge in [0.15, 0.2) is 0 Å². The van der Waals surface area contributed by atoms with Crippen LogP contribution in [-0.2, 0) is 9.53 Å². The first kappa shape index (κ1) is 12.8. The molecule has 1 atom stereocenters. The van der Waals surface area contributed by atoms with Gasteiger partial charge in [-0.15, -0.1) is 0 Å². The number of esters is 1. The summed E-state index contributed by atoms with van der Waals surface area (Å²) in [7, 11) is 0. The van der Waals surface area contributed by atoms with E-state index in [2.05, 4.69) is 19.6 Å². The van der Waals surface area contributed by atoms with Crippen LogP contribution < -0.4 is 0 Å². The summed E-state index contributed by atoms with van der Waals surface area (Å²) in [5.74, 6) is 0.653. The maximum atomic E-state index is 11.4. The van der Waals surface area contributed by atoms with Gasteiger partial charge in [-0.05, 0) is 12.8 Å². The first-order chi connectivity index (χ1) is 6.26. The van der Waals surface area contributed by atoms with Crippen molar-refractivity contribution in [3.8, 4) is 0 Å². The van der Waals surface area contributed by atoms with Crippen molar-refractivity contribution in [2.75, 3.05) is 12.4 Å². The van der Waals surface area contributed by atoms with Gasteiger partial charge in [-0.1, -0.05) is 26.7 Å². The second-order valence-electron chi connectivity index (χ2n) is 3.14. The van der Waals surface area contributed by atoms with Gasteiger partial charge in [0.25, 0.3) is 0 Å². The van der Waals surface area contributed by atoms with E-state index in [9.17, 15) is 4.79 Å². The van der Waals surface area contributed by atoms with E-state index in [4.69, 9.17) is 4.74 Å². The topological polar surface area (TPSA) is 26.3 Å². The lowest BCUT2D eigenvalue weighted by Crippen LogP contribution is -2.18. The predicted molar refractivity (Wildman–Crippen MR) is 58.1 cm³/mol. The largest absolute Gasteiger partial charge is 0.465 e. The molecule has 0 aliphatic rings. The van der Waals surface area contributed by atoms with E-state index in [0.717, 1.165) is 25.7 Å². The lowest BCUT2D eigenvalue weighted by Gasteiger charge is -2.12. The molecule has 0 aliphatic heterocycles. The van der Waals surface area contributed by atoms with E-state index < -0.39 is 0 Å². The maximum absolute atomic E-state index is 11.4. The number of thiol groups is 1. The van der Waals surface area contributed by atoms with Gasteiger partial charge in [-0.3, -0.25) is 4.79 Å². The van der Waals surface area contributed by atoms with Gasteiger partial charge in [-0.2, -0.15) is 12.6 Å². The van der Waals surface area contributed by atoms with Crippen molar-refractivity contribution in [2.45, 2.75) is 39.5 Å². The fourth-order valence-corrected chi connectivity index (χ4v) is 1.29. The van der Waals surface area contributed by atoms with Crippen LogP contribution in [0.3, 0.4) is 0 Å². The number of ether oxygens (including phenoxy) is 1. The van der Waals surface area contributed by atoms with E-state index in [-0.39, 0.29) is 11.9 Å². The van der Waals surface area contributed by atoms with Crippen LogP contribution in [-0.4, -0.2) is 18.3 Å². The molecule has 0 N–H and O–H groups in total. The fraction of sp³-hybridized carbons (Fsp3) is 0.900. The molecule has 0 amide bonds. The van der Waals surface area contributed by atoms with E-state index in [1.807, 2.05) is 6.92 Å². The van der Waals surface area contributed by atoms with Crippen molar-refractivity contribution in [1.29, 1.82) is 0 Å². The van der Waals surface area contributed by atoms with Crippen LogP contribution in [0.5, 0.6) is 0 Å². The minimum atomic E-state index is -0.0509. The van der Waals surface area contributed by atoms with Crippen LogP contribution in [0.15, 0.2) is 0 Å². The fourth-order valence-electron chi connectivity index (χ4n) is 1.20. The second kappa shape index (κ2) is 8.42. The van der Waals surface area contributed by atoms with Crippen LogP contribution in [0.25, 0.3) is 0 Å². The van der Waals surface area contributed by atoms with Gasteiger partial charge in [0, 0.05) is 5.75 Å². The van der Waals surface area contributed by atoms with Crippen LogP contribution in [0.2, 0.25) is 0 Å².